The maximum atomic E-state index is 11.1. The molecule has 2 fully saturated rings. The Balaban J connectivity index is 2.08. The Labute approximate surface area is 123 Å². The second kappa shape index (κ2) is 5.49. The lowest BCUT2D eigenvalue weighted by Gasteiger charge is -2.55. The SMILES string of the molecule is CC(=O)O[C@H]1CC[C@@H](OC(C)=O)[C@@H]2[C@H](Br)[C@@H](Br)[C@@H]21. The van der Waals surface area contributed by atoms with Crippen LogP contribution in [0.5, 0.6) is 0 Å². The molecule has 18 heavy (non-hydrogen) atoms. The van der Waals surface area contributed by atoms with Crippen molar-refractivity contribution in [1.29, 1.82) is 0 Å². The van der Waals surface area contributed by atoms with Crippen LogP contribution in [0.15, 0.2) is 0 Å². The average Bonchev–Trinajstić information content (AvgIpc) is 2.28. The van der Waals surface area contributed by atoms with Crippen molar-refractivity contribution < 1.29 is 19.1 Å². The lowest BCUT2D eigenvalue weighted by atomic mass is 9.62. The molecule has 0 aromatic carbocycles. The summed E-state index contributed by atoms with van der Waals surface area (Å²) < 4.78 is 10.7. The van der Waals surface area contributed by atoms with Crippen LogP contribution in [0.3, 0.4) is 0 Å². The van der Waals surface area contributed by atoms with E-state index in [0.717, 1.165) is 12.8 Å². The van der Waals surface area contributed by atoms with E-state index in [-0.39, 0.29) is 45.6 Å². The van der Waals surface area contributed by atoms with E-state index in [0.29, 0.717) is 0 Å². The fraction of sp³-hybridized carbons (Fsp3) is 0.833. The molecule has 2 aliphatic rings. The molecular formula is C12H16Br2O4. The van der Waals surface area contributed by atoms with Gasteiger partial charge >= 0.3 is 11.9 Å². The molecule has 0 aliphatic heterocycles. The minimum atomic E-state index is -0.248. The van der Waals surface area contributed by atoms with Crippen molar-refractivity contribution >= 4 is 43.8 Å². The van der Waals surface area contributed by atoms with Crippen LogP contribution in [0, 0.1) is 11.8 Å². The number of rotatable bonds is 2. The van der Waals surface area contributed by atoms with Crippen LogP contribution in [-0.2, 0) is 19.1 Å². The predicted octanol–water partition coefficient (Wildman–Crippen LogP) is 2.42. The number of hydrogen-bond acceptors (Lipinski definition) is 4. The molecule has 4 nitrogen and oxygen atoms in total. The third-order valence-electron chi connectivity index (χ3n) is 3.71. The molecule has 0 amide bonds. The highest BCUT2D eigenvalue weighted by molar-refractivity contribution is 9.12. The van der Waals surface area contributed by atoms with Gasteiger partial charge in [0, 0.05) is 35.3 Å². The summed E-state index contributed by atoms with van der Waals surface area (Å²) in [5.41, 5.74) is 0. The molecule has 0 aromatic rings. The topological polar surface area (TPSA) is 52.6 Å². The second-order valence-electron chi connectivity index (χ2n) is 4.92. The van der Waals surface area contributed by atoms with Crippen molar-refractivity contribution in [3.63, 3.8) is 0 Å². The molecular weight excluding hydrogens is 368 g/mol. The van der Waals surface area contributed by atoms with Crippen LogP contribution in [0.2, 0.25) is 0 Å². The number of alkyl halides is 2. The molecule has 0 spiro atoms. The molecule has 0 saturated heterocycles. The van der Waals surface area contributed by atoms with Gasteiger partial charge in [-0.25, -0.2) is 0 Å². The standard InChI is InChI=1S/C12H16Br2O4/c1-5(15)17-7-3-4-8(18-6(2)16)10-9(7)11(13)12(10)14/h7-12H,3-4H2,1-2H3/t7-,8+,9+,10-,11-,12-/m0/s1. The van der Waals surface area contributed by atoms with Crippen molar-refractivity contribution in [3.8, 4) is 0 Å². The van der Waals surface area contributed by atoms with E-state index in [1.54, 1.807) is 0 Å². The van der Waals surface area contributed by atoms with E-state index in [1.807, 2.05) is 0 Å². The van der Waals surface area contributed by atoms with Crippen molar-refractivity contribution in [2.75, 3.05) is 0 Å². The summed E-state index contributed by atoms with van der Waals surface area (Å²) in [4.78, 5) is 22.7. The first kappa shape index (κ1) is 14.3. The average molecular weight is 384 g/mol. The van der Waals surface area contributed by atoms with Crippen LogP contribution in [-0.4, -0.2) is 33.8 Å². The summed E-state index contributed by atoms with van der Waals surface area (Å²) in [6, 6.07) is 0. The molecule has 0 aromatic heterocycles. The Bertz CT molecular complexity index is 326. The van der Waals surface area contributed by atoms with Gasteiger partial charge in [0.2, 0.25) is 0 Å². The van der Waals surface area contributed by atoms with Gasteiger partial charge in [-0.1, -0.05) is 31.9 Å². The Morgan fingerprint density at radius 1 is 0.889 bits per heavy atom. The minimum Gasteiger partial charge on any atom is -0.462 e. The quantitative estimate of drug-likeness (QED) is 0.542. The molecule has 102 valence electrons. The van der Waals surface area contributed by atoms with E-state index >= 15 is 0 Å². The zero-order valence-corrected chi connectivity index (χ0v) is 13.4. The Morgan fingerprint density at radius 3 is 1.50 bits per heavy atom. The van der Waals surface area contributed by atoms with Crippen LogP contribution in [0.1, 0.15) is 26.7 Å². The smallest absolute Gasteiger partial charge is 0.302 e. The molecule has 6 heteroatoms. The Kier molecular flexibility index (Phi) is 4.36. The number of carbonyl (C=O) groups is 2. The summed E-state index contributed by atoms with van der Waals surface area (Å²) in [5, 5.41) is 0. The van der Waals surface area contributed by atoms with Gasteiger partial charge in [0.25, 0.3) is 0 Å². The van der Waals surface area contributed by atoms with Crippen molar-refractivity contribution in [3.05, 3.63) is 0 Å². The van der Waals surface area contributed by atoms with Crippen molar-refractivity contribution in [2.45, 2.75) is 48.6 Å². The van der Waals surface area contributed by atoms with E-state index in [9.17, 15) is 9.59 Å². The minimum absolute atomic E-state index is 0.0718. The predicted molar refractivity (Wildman–Crippen MR) is 72.8 cm³/mol. The van der Waals surface area contributed by atoms with Crippen LogP contribution in [0.4, 0.5) is 0 Å². The molecule has 0 radical (unpaired) electrons. The highest BCUT2D eigenvalue weighted by Crippen LogP contribution is 2.54. The van der Waals surface area contributed by atoms with Crippen LogP contribution in [0.25, 0.3) is 0 Å². The van der Waals surface area contributed by atoms with Gasteiger partial charge in [-0.05, 0) is 12.8 Å². The van der Waals surface area contributed by atoms with Gasteiger partial charge in [-0.3, -0.25) is 9.59 Å². The van der Waals surface area contributed by atoms with E-state index < -0.39 is 0 Å². The van der Waals surface area contributed by atoms with Gasteiger partial charge in [-0.2, -0.15) is 0 Å². The molecule has 2 rings (SSSR count). The number of fused-ring (bicyclic) bond motifs is 1. The molecule has 2 aliphatic carbocycles. The summed E-state index contributed by atoms with van der Waals surface area (Å²) in [6.07, 6.45) is 1.36. The van der Waals surface area contributed by atoms with Gasteiger partial charge in [0.1, 0.15) is 12.2 Å². The first-order valence-corrected chi connectivity index (χ1v) is 7.87. The van der Waals surface area contributed by atoms with Crippen LogP contribution >= 0.6 is 31.9 Å². The number of hydrogen-bond donors (Lipinski definition) is 0. The summed E-state index contributed by atoms with van der Waals surface area (Å²) >= 11 is 7.23. The zero-order chi connectivity index (χ0) is 13.4. The normalized spacial score (nSPS) is 42.4. The molecule has 2 saturated carbocycles. The third-order valence-corrected chi connectivity index (χ3v) is 6.78. The zero-order valence-electron chi connectivity index (χ0n) is 10.3. The molecule has 0 unspecified atom stereocenters. The molecule has 0 heterocycles. The Morgan fingerprint density at radius 2 is 1.22 bits per heavy atom. The summed E-state index contributed by atoms with van der Waals surface area (Å²) in [7, 11) is 0. The molecule has 6 atom stereocenters. The fourth-order valence-corrected chi connectivity index (χ4v) is 5.11. The largest absolute Gasteiger partial charge is 0.462 e. The third kappa shape index (κ3) is 2.59. The lowest BCUT2D eigenvalue weighted by Crippen LogP contribution is -2.62. The number of ether oxygens (including phenoxy) is 2. The first-order valence-electron chi connectivity index (χ1n) is 6.04. The number of esters is 2. The molecule has 0 bridgehead atoms. The Hall–Kier alpha value is -0.100. The lowest BCUT2D eigenvalue weighted by molar-refractivity contribution is -0.173. The van der Waals surface area contributed by atoms with Crippen molar-refractivity contribution in [2.24, 2.45) is 11.8 Å². The number of halogens is 2. The van der Waals surface area contributed by atoms with Gasteiger partial charge in [-0.15, -0.1) is 0 Å². The van der Waals surface area contributed by atoms with Crippen molar-refractivity contribution in [1.82, 2.24) is 0 Å². The second-order valence-corrected chi connectivity index (χ2v) is 7.03. The van der Waals surface area contributed by atoms with Gasteiger partial charge < -0.3 is 9.47 Å². The summed E-state index contributed by atoms with van der Waals surface area (Å²) in [6.45, 7) is 2.86. The van der Waals surface area contributed by atoms with E-state index in [2.05, 4.69) is 31.9 Å². The highest BCUT2D eigenvalue weighted by atomic mass is 79.9. The maximum Gasteiger partial charge on any atom is 0.302 e. The highest BCUT2D eigenvalue weighted by Gasteiger charge is 2.58. The maximum absolute atomic E-state index is 11.1. The van der Waals surface area contributed by atoms with Crippen LogP contribution < -0.4 is 0 Å². The van der Waals surface area contributed by atoms with E-state index in [1.165, 1.54) is 13.8 Å². The van der Waals surface area contributed by atoms with Gasteiger partial charge in [0.15, 0.2) is 0 Å². The monoisotopic (exact) mass is 382 g/mol. The van der Waals surface area contributed by atoms with Gasteiger partial charge in [0.05, 0.1) is 0 Å². The molecule has 0 N–H and O–H groups in total. The number of carbonyl (C=O) groups excluding carboxylic acids is 2. The fourth-order valence-electron chi connectivity index (χ4n) is 3.02. The summed E-state index contributed by atoms with van der Waals surface area (Å²) in [5.74, 6) is -0.0578. The first-order chi connectivity index (χ1) is 8.41. The van der Waals surface area contributed by atoms with E-state index in [4.69, 9.17) is 9.47 Å².